The Morgan fingerprint density at radius 3 is 1.64 bits per heavy atom. The lowest BCUT2D eigenvalue weighted by molar-refractivity contribution is 0.298. The van der Waals surface area contributed by atoms with E-state index in [1.165, 1.54) is 105 Å². The Bertz CT molecular complexity index is 3170. The Hall–Kier alpha value is -5.90. The molecule has 1 aliphatic heterocycles. The maximum atomic E-state index is 11.8. The van der Waals surface area contributed by atoms with Gasteiger partial charge in [0.1, 0.15) is 0 Å². The summed E-state index contributed by atoms with van der Waals surface area (Å²) < 4.78 is 2.64. The van der Waals surface area contributed by atoms with Gasteiger partial charge in [-0.05, 0) is 108 Å². The highest BCUT2D eigenvalue weighted by Gasteiger charge is 2.68. The highest BCUT2D eigenvalue weighted by molar-refractivity contribution is 6.28. The molecule has 5 aliphatic rings. The predicted molar refractivity (Wildman–Crippen MR) is 236 cm³/mol. The fourth-order valence-corrected chi connectivity index (χ4v) is 15.2. The molecular formula is C55H45N3. The molecule has 0 saturated heterocycles. The van der Waals surface area contributed by atoms with Crippen LogP contribution in [0.1, 0.15) is 141 Å². The summed E-state index contributed by atoms with van der Waals surface area (Å²) in [7, 11) is 0. The first-order valence-electron chi connectivity index (χ1n) is 21.2. The van der Waals surface area contributed by atoms with E-state index in [-0.39, 0.29) is 33.5 Å². The number of hydrogen-bond acceptors (Lipinski definition) is 1. The number of fused-ring (bicyclic) bond motifs is 12. The van der Waals surface area contributed by atoms with E-state index in [2.05, 4.69) is 157 Å². The fourth-order valence-electron chi connectivity index (χ4n) is 15.2. The molecule has 6 aromatic carbocycles. The first kappa shape index (κ1) is 33.1. The monoisotopic (exact) mass is 747 g/mol. The molecular weight excluding hydrogens is 703 g/mol. The van der Waals surface area contributed by atoms with Gasteiger partial charge in [-0.3, -0.25) is 0 Å². The van der Waals surface area contributed by atoms with Gasteiger partial charge in [-0.15, -0.1) is 0 Å². The van der Waals surface area contributed by atoms with Gasteiger partial charge in [0.05, 0.1) is 29.2 Å². The normalized spacial score (nSPS) is 24.0. The molecule has 8 aromatic rings. The molecule has 58 heavy (non-hydrogen) atoms. The van der Waals surface area contributed by atoms with Gasteiger partial charge in [0.15, 0.2) is 5.69 Å². The molecule has 0 saturated carbocycles. The average molecular weight is 748 g/mol. The van der Waals surface area contributed by atoms with Gasteiger partial charge in [-0.1, -0.05) is 134 Å². The van der Waals surface area contributed by atoms with Gasteiger partial charge in [0.25, 0.3) is 0 Å². The van der Waals surface area contributed by atoms with Gasteiger partial charge < -0.3 is 4.40 Å². The molecule has 0 fully saturated rings. The average Bonchev–Trinajstić information content (AvgIpc) is 3.80. The molecule has 13 rings (SSSR count). The van der Waals surface area contributed by atoms with Gasteiger partial charge in [0, 0.05) is 49.9 Å². The van der Waals surface area contributed by atoms with Crippen LogP contribution in [0.5, 0.6) is 0 Å². The maximum absolute atomic E-state index is 11.8. The summed E-state index contributed by atoms with van der Waals surface area (Å²) in [4.78, 5) is 4.72. The Morgan fingerprint density at radius 1 is 0.586 bits per heavy atom. The van der Waals surface area contributed by atoms with Crippen molar-refractivity contribution in [3.8, 4) is 17.2 Å². The Kier molecular flexibility index (Phi) is 5.53. The van der Waals surface area contributed by atoms with Crippen LogP contribution in [0, 0.1) is 17.9 Å². The molecule has 0 radical (unpaired) electrons. The van der Waals surface area contributed by atoms with Crippen molar-refractivity contribution in [2.24, 2.45) is 0 Å². The third kappa shape index (κ3) is 3.27. The number of nitriles is 1. The van der Waals surface area contributed by atoms with Crippen LogP contribution >= 0.6 is 0 Å². The van der Waals surface area contributed by atoms with Crippen LogP contribution in [0.2, 0.25) is 0 Å². The summed E-state index contributed by atoms with van der Waals surface area (Å²) in [5.41, 5.74) is 19.7. The standard InChI is InChI=1S/C55H45N3/c1-51(2)26-52(3,4)44-37-32-23-29(28-17-11-10-12-18-28)24-33-38-45-46(54(7,8)27-53(45,5)6)47(57-9)40-42-31-20-14-16-22-36(31)55(42)35-21-15-13-19-30(35)41(55)39(34(25-56)43(44)51)49(37)58(48(32)33)50(38)40/h10-24,41-42H,26-27H2,1-8H3. The molecule has 3 heterocycles. The first-order chi connectivity index (χ1) is 27.7. The van der Waals surface area contributed by atoms with E-state index in [0.29, 0.717) is 0 Å². The molecule has 3 atom stereocenters. The number of aromatic nitrogens is 1. The summed E-state index contributed by atoms with van der Waals surface area (Å²) in [6, 6.07) is 37.0. The van der Waals surface area contributed by atoms with Crippen molar-refractivity contribution in [1.29, 1.82) is 5.26 Å². The highest BCUT2D eigenvalue weighted by atomic mass is 14.9. The lowest BCUT2D eigenvalue weighted by Crippen LogP contribution is -2.57. The molecule has 0 N–H and O–H groups in total. The Labute approximate surface area is 340 Å². The van der Waals surface area contributed by atoms with Gasteiger partial charge in [-0.2, -0.15) is 5.26 Å². The largest absolute Gasteiger partial charge is 0.309 e. The lowest BCUT2D eigenvalue weighted by Gasteiger charge is -2.64. The molecule has 0 amide bonds. The quantitative estimate of drug-likeness (QED) is 0.154. The van der Waals surface area contributed by atoms with Crippen molar-refractivity contribution in [1.82, 2.24) is 4.40 Å². The SMILES string of the molecule is [C-]#[N+]c1c2c(c3c4cc(-c5ccccc5)cc5c6c7c(c(C#N)c8c6n(c3c1C1c3ccccc3C13c1ccccc1C83)c54)C(C)(C)CC7(C)C)C(C)(C)CC2(C)C. The summed E-state index contributed by atoms with van der Waals surface area (Å²) in [6.45, 7) is 28.4. The zero-order valence-electron chi connectivity index (χ0n) is 34.6. The van der Waals surface area contributed by atoms with Gasteiger partial charge in [0.2, 0.25) is 0 Å². The molecule has 3 heteroatoms. The predicted octanol–water partition coefficient (Wildman–Crippen LogP) is 13.7. The molecule has 3 unspecified atom stereocenters. The molecule has 0 bridgehead atoms. The molecule has 4 aliphatic carbocycles. The van der Waals surface area contributed by atoms with Crippen molar-refractivity contribution in [3.63, 3.8) is 0 Å². The maximum Gasteiger partial charge on any atom is 0.197 e. The second kappa shape index (κ2) is 9.68. The van der Waals surface area contributed by atoms with Crippen molar-refractivity contribution in [2.75, 3.05) is 0 Å². The number of hydrogen-bond donors (Lipinski definition) is 0. The van der Waals surface area contributed by atoms with Crippen molar-refractivity contribution in [2.45, 2.75) is 107 Å². The van der Waals surface area contributed by atoms with E-state index in [1.54, 1.807) is 0 Å². The van der Waals surface area contributed by atoms with Crippen LogP contribution in [-0.4, -0.2) is 4.40 Å². The molecule has 2 aromatic heterocycles. The van der Waals surface area contributed by atoms with Crippen LogP contribution in [-0.2, 0) is 27.1 Å². The third-order valence-electron chi connectivity index (χ3n) is 16.0. The second-order valence-corrected chi connectivity index (χ2v) is 21.1. The number of rotatable bonds is 1. The Morgan fingerprint density at radius 2 is 1.07 bits per heavy atom. The van der Waals surface area contributed by atoms with Crippen LogP contribution < -0.4 is 0 Å². The van der Waals surface area contributed by atoms with Crippen molar-refractivity contribution >= 4 is 43.8 Å². The van der Waals surface area contributed by atoms with E-state index >= 15 is 0 Å². The van der Waals surface area contributed by atoms with Crippen LogP contribution in [0.15, 0.2) is 91.0 Å². The lowest BCUT2D eigenvalue weighted by atomic mass is 9.37. The highest BCUT2D eigenvalue weighted by Crippen LogP contribution is 2.77. The summed E-state index contributed by atoms with van der Waals surface area (Å²) in [6.07, 6.45) is 1.95. The van der Waals surface area contributed by atoms with Crippen molar-refractivity contribution < 1.29 is 0 Å². The topological polar surface area (TPSA) is 32.6 Å². The first-order valence-corrected chi connectivity index (χ1v) is 21.2. The molecule has 3 nitrogen and oxygen atoms in total. The molecule has 280 valence electrons. The van der Waals surface area contributed by atoms with Gasteiger partial charge >= 0.3 is 0 Å². The van der Waals surface area contributed by atoms with E-state index in [1.807, 2.05) is 0 Å². The van der Waals surface area contributed by atoms with E-state index in [9.17, 15) is 11.8 Å². The smallest absolute Gasteiger partial charge is 0.197 e. The minimum Gasteiger partial charge on any atom is -0.309 e. The van der Waals surface area contributed by atoms with E-state index < -0.39 is 5.41 Å². The van der Waals surface area contributed by atoms with Crippen molar-refractivity contribution in [3.05, 3.63) is 164 Å². The summed E-state index contributed by atoms with van der Waals surface area (Å²) >= 11 is 0. The molecule has 1 spiro atoms. The Balaban J connectivity index is 1.42. The van der Waals surface area contributed by atoms with Crippen LogP contribution in [0.4, 0.5) is 5.69 Å². The summed E-state index contributed by atoms with van der Waals surface area (Å²) in [5, 5.41) is 17.0. The zero-order chi connectivity index (χ0) is 39.8. The minimum atomic E-state index is -0.407. The number of nitrogens with zero attached hydrogens (tertiary/aromatic N) is 3. The van der Waals surface area contributed by atoms with Crippen LogP contribution in [0.25, 0.3) is 54.1 Å². The minimum absolute atomic E-state index is 0.0425. The summed E-state index contributed by atoms with van der Waals surface area (Å²) in [5.74, 6) is -0.0873. The third-order valence-corrected chi connectivity index (χ3v) is 16.0. The zero-order valence-corrected chi connectivity index (χ0v) is 34.6. The van der Waals surface area contributed by atoms with Gasteiger partial charge in [-0.25, -0.2) is 4.85 Å². The fraction of sp³-hybridized carbons (Fsp3) is 0.309. The van der Waals surface area contributed by atoms with E-state index in [0.717, 1.165) is 24.1 Å². The van der Waals surface area contributed by atoms with Crippen LogP contribution in [0.3, 0.4) is 0 Å². The van der Waals surface area contributed by atoms with E-state index in [4.69, 9.17) is 4.85 Å². The second-order valence-electron chi connectivity index (χ2n) is 21.1. The number of benzene rings is 6.